The number of carboxylic acid groups (broad SMARTS) is 1. The molecule has 184 valence electrons. The van der Waals surface area contributed by atoms with Crippen LogP contribution in [0.1, 0.15) is 67.6 Å². The van der Waals surface area contributed by atoms with Gasteiger partial charge in [-0.1, -0.05) is 12.1 Å². The third-order valence-electron chi connectivity index (χ3n) is 7.94. The minimum absolute atomic E-state index is 0.0660. The molecule has 9 nitrogen and oxygen atoms in total. The molecule has 0 aromatic carbocycles. The van der Waals surface area contributed by atoms with Gasteiger partial charge in [-0.25, -0.2) is 4.98 Å². The van der Waals surface area contributed by atoms with E-state index in [9.17, 15) is 9.90 Å². The molecule has 2 aliphatic rings. The lowest BCUT2D eigenvalue weighted by molar-refractivity contribution is -0.150. The normalized spacial score (nSPS) is 24.3. The number of hydrogen-bond acceptors (Lipinski definition) is 6. The number of carbonyl (C=O) groups is 1. The highest BCUT2D eigenvalue weighted by Gasteiger charge is 2.37. The SMILES string of the molecule is Cc1[nH]nc2c1c(CC1CCC(C)(C(=O)O)CC1)nc1c(C3=CCC(c4cccnc4)N=C3)cnn12. The van der Waals surface area contributed by atoms with Gasteiger partial charge in [0.2, 0.25) is 0 Å². The lowest BCUT2D eigenvalue weighted by atomic mass is 9.70. The lowest BCUT2D eigenvalue weighted by Crippen LogP contribution is -2.33. The Morgan fingerprint density at radius 2 is 2.08 bits per heavy atom. The van der Waals surface area contributed by atoms with Crippen LogP contribution in [0.15, 0.2) is 41.8 Å². The van der Waals surface area contributed by atoms with E-state index in [0.717, 1.165) is 70.5 Å². The number of rotatable bonds is 5. The van der Waals surface area contributed by atoms with E-state index in [1.807, 2.05) is 43.0 Å². The average Bonchev–Trinajstić information content (AvgIpc) is 3.50. The van der Waals surface area contributed by atoms with Crippen LogP contribution in [0.25, 0.3) is 22.3 Å². The lowest BCUT2D eigenvalue weighted by Gasteiger charge is -2.33. The molecule has 4 aromatic rings. The van der Waals surface area contributed by atoms with Gasteiger partial charge in [0.15, 0.2) is 11.3 Å². The molecule has 1 saturated carbocycles. The smallest absolute Gasteiger partial charge is 0.309 e. The van der Waals surface area contributed by atoms with Gasteiger partial charge in [-0.15, -0.1) is 0 Å². The second-order valence-corrected chi connectivity index (χ2v) is 10.4. The first-order valence-corrected chi connectivity index (χ1v) is 12.5. The summed E-state index contributed by atoms with van der Waals surface area (Å²) in [4.78, 5) is 25.8. The van der Waals surface area contributed by atoms with Crippen LogP contribution in [0.2, 0.25) is 0 Å². The van der Waals surface area contributed by atoms with Gasteiger partial charge in [-0.05, 0) is 69.9 Å². The van der Waals surface area contributed by atoms with Crippen molar-refractivity contribution in [3.63, 3.8) is 0 Å². The van der Waals surface area contributed by atoms with Gasteiger partial charge in [0.1, 0.15) is 0 Å². The predicted octanol–water partition coefficient (Wildman–Crippen LogP) is 4.73. The first kappa shape index (κ1) is 22.6. The van der Waals surface area contributed by atoms with E-state index in [0.29, 0.717) is 18.8 Å². The summed E-state index contributed by atoms with van der Waals surface area (Å²) in [5, 5.41) is 22.9. The monoisotopic (exact) mass is 483 g/mol. The fourth-order valence-electron chi connectivity index (χ4n) is 5.56. The average molecular weight is 484 g/mol. The molecule has 1 aliphatic heterocycles. The number of nitrogens with zero attached hydrogens (tertiary/aromatic N) is 6. The van der Waals surface area contributed by atoms with Crippen LogP contribution in [0, 0.1) is 18.3 Å². The third-order valence-corrected chi connectivity index (χ3v) is 7.94. The van der Waals surface area contributed by atoms with E-state index in [2.05, 4.69) is 32.4 Å². The molecule has 1 fully saturated rings. The molecule has 1 unspecified atom stereocenters. The summed E-state index contributed by atoms with van der Waals surface area (Å²) >= 11 is 0. The van der Waals surface area contributed by atoms with Crippen molar-refractivity contribution in [1.82, 2.24) is 29.8 Å². The zero-order valence-corrected chi connectivity index (χ0v) is 20.5. The number of aliphatic carboxylic acids is 1. The standard InChI is InChI=1S/C27H29N7O2/c1-16-23-22(12-17-7-9-27(2,10-8-17)26(35)36)31-24-20(15-30-34(24)25(23)33-32-16)18-5-6-21(29-14-18)19-4-3-11-28-13-19/h3-5,11,13-15,17,21H,6-10,12H2,1-2H3,(H,32,33)(H,35,36). The van der Waals surface area contributed by atoms with Gasteiger partial charge in [0, 0.05) is 35.4 Å². The number of nitrogens with one attached hydrogen (secondary N) is 1. The third kappa shape index (κ3) is 3.79. The van der Waals surface area contributed by atoms with E-state index in [1.54, 1.807) is 6.20 Å². The van der Waals surface area contributed by atoms with Crippen molar-refractivity contribution < 1.29 is 9.90 Å². The van der Waals surface area contributed by atoms with Crippen molar-refractivity contribution in [3.05, 3.63) is 59.3 Å². The fourth-order valence-corrected chi connectivity index (χ4v) is 5.56. The molecule has 0 radical (unpaired) electrons. The Balaban J connectivity index is 1.32. The number of pyridine rings is 1. The predicted molar refractivity (Wildman–Crippen MR) is 137 cm³/mol. The van der Waals surface area contributed by atoms with Crippen LogP contribution in [0.4, 0.5) is 0 Å². The highest BCUT2D eigenvalue weighted by Crippen LogP contribution is 2.40. The van der Waals surface area contributed by atoms with Gasteiger partial charge >= 0.3 is 5.97 Å². The number of aromatic amines is 1. The molecule has 5 heterocycles. The van der Waals surface area contributed by atoms with E-state index in [-0.39, 0.29) is 6.04 Å². The molecule has 2 N–H and O–H groups in total. The largest absolute Gasteiger partial charge is 0.481 e. The summed E-state index contributed by atoms with van der Waals surface area (Å²) < 4.78 is 1.81. The topological polar surface area (TPSA) is 121 Å². The van der Waals surface area contributed by atoms with Crippen molar-refractivity contribution in [2.75, 3.05) is 0 Å². The molecular weight excluding hydrogens is 454 g/mol. The number of H-pyrrole nitrogens is 1. The summed E-state index contributed by atoms with van der Waals surface area (Å²) in [6.45, 7) is 3.87. The Hall–Kier alpha value is -3.88. The Labute approximate surface area is 208 Å². The van der Waals surface area contributed by atoms with Crippen LogP contribution in [0.5, 0.6) is 0 Å². The maximum Gasteiger partial charge on any atom is 0.309 e. The second-order valence-electron chi connectivity index (χ2n) is 10.4. The highest BCUT2D eigenvalue weighted by atomic mass is 16.4. The van der Waals surface area contributed by atoms with Gasteiger partial charge in [-0.2, -0.15) is 14.7 Å². The minimum atomic E-state index is -0.689. The molecule has 0 amide bonds. The second kappa shape index (κ2) is 8.65. The van der Waals surface area contributed by atoms with Gasteiger partial charge < -0.3 is 5.11 Å². The van der Waals surface area contributed by atoms with Crippen LogP contribution >= 0.6 is 0 Å². The van der Waals surface area contributed by atoms with Crippen LogP contribution < -0.4 is 0 Å². The van der Waals surface area contributed by atoms with Crippen molar-refractivity contribution in [2.24, 2.45) is 16.3 Å². The van der Waals surface area contributed by atoms with Crippen LogP contribution in [0.3, 0.4) is 0 Å². The number of aliphatic imine (C=N–C) groups is 1. The molecule has 0 spiro atoms. The molecule has 6 rings (SSSR count). The number of allylic oxidation sites excluding steroid dienone is 1. The molecule has 1 atom stereocenters. The Morgan fingerprint density at radius 3 is 2.78 bits per heavy atom. The van der Waals surface area contributed by atoms with Crippen LogP contribution in [-0.4, -0.2) is 47.1 Å². The summed E-state index contributed by atoms with van der Waals surface area (Å²) in [5.41, 5.74) is 5.93. The fraction of sp³-hybridized carbons (Fsp3) is 0.407. The first-order chi connectivity index (χ1) is 17.4. The van der Waals surface area contributed by atoms with Crippen molar-refractivity contribution >= 4 is 34.4 Å². The number of carboxylic acids is 1. The summed E-state index contributed by atoms with van der Waals surface area (Å²) in [7, 11) is 0. The maximum atomic E-state index is 11.7. The van der Waals surface area contributed by atoms with E-state index < -0.39 is 11.4 Å². The zero-order chi connectivity index (χ0) is 24.9. The van der Waals surface area contributed by atoms with Crippen LogP contribution in [-0.2, 0) is 11.2 Å². The molecule has 0 bridgehead atoms. The summed E-state index contributed by atoms with van der Waals surface area (Å²) in [5.74, 6) is -0.294. The number of fused-ring (bicyclic) bond motifs is 3. The molecule has 0 saturated heterocycles. The molecule has 9 heteroatoms. The molecule has 36 heavy (non-hydrogen) atoms. The van der Waals surface area contributed by atoms with Crippen molar-refractivity contribution in [3.8, 4) is 0 Å². The maximum absolute atomic E-state index is 11.7. The van der Waals surface area contributed by atoms with Gasteiger partial charge in [0.05, 0.1) is 28.7 Å². The Kier molecular flexibility index (Phi) is 5.43. The Bertz CT molecular complexity index is 1510. The summed E-state index contributed by atoms with van der Waals surface area (Å²) in [6.07, 6.45) is 14.3. The number of aromatic nitrogens is 6. The summed E-state index contributed by atoms with van der Waals surface area (Å²) in [6, 6.07) is 4.06. The van der Waals surface area contributed by atoms with E-state index in [1.165, 1.54) is 0 Å². The number of dihydropyridines is 1. The molecular formula is C27H29N7O2. The molecule has 4 aromatic heterocycles. The Morgan fingerprint density at radius 1 is 1.25 bits per heavy atom. The quantitative estimate of drug-likeness (QED) is 0.423. The minimum Gasteiger partial charge on any atom is -0.481 e. The number of hydrogen-bond donors (Lipinski definition) is 2. The van der Waals surface area contributed by atoms with Gasteiger partial charge in [0.25, 0.3) is 0 Å². The highest BCUT2D eigenvalue weighted by molar-refractivity contribution is 6.12. The van der Waals surface area contributed by atoms with E-state index >= 15 is 0 Å². The zero-order valence-electron chi connectivity index (χ0n) is 20.5. The van der Waals surface area contributed by atoms with E-state index in [4.69, 9.17) is 9.98 Å². The van der Waals surface area contributed by atoms with Crippen molar-refractivity contribution in [2.45, 2.75) is 58.4 Å². The first-order valence-electron chi connectivity index (χ1n) is 12.5. The number of aryl methyl sites for hydroxylation is 1. The van der Waals surface area contributed by atoms with Crippen molar-refractivity contribution in [1.29, 1.82) is 0 Å². The van der Waals surface area contributed by atoms with Gasteiger partial charge in [-0.3, -0.25) is 19.9 Å². The molecule has 1 aliphatic carbocycles.